The minimum atomic E-state index is 0.284. The molecule has 1 fully saturated rings. The van der Waals surface area contributed by atoms with Crippen molar-refractivity contribution >= 4 is 5.78 Å². The van der Waals surface area contributed by atoms with Crippen molar-refractivity contribution in [3.63, 3.8) is 0 Å². The summed E-state index contributed by atoms with van der Waals surface area (Å²) in [6.45, 7) is 6.46. The minimum Gasteiger partial charge on any atom is -0.299 e. The molecule has 1 aromatic rings. The van der Waals surface area contributed by atoms with Gasteiger partial charge in [0.25, 0.3) is 0 Å². The molecule has 0 amide bonds. The van der Waals surface area contributed by atoms with Crippen molar-refractivity contribution in [2.45, 2.75) is 65.3 Å². The summed E-state index contributed by atoms with van der Waals surface area (Å²) in [6.07, 6.45) is 8.38. The summed E-state index contributed by atoms with van der Waals surface area (Å²) in [7, 11) is 0. The number of carbonyl (C=O) groups is 1. The van der Waals surface area contributed by atoms with Crippen molar-refractivity contribution < 1.29 is 4.79 Å². The molecule has 2 rings (SSSR count). The van der Waals surface area contributed by atoms with E-state index in [0.717, 1.165) is 24.5 Å². The van der Waals surface area contributed by atoms with Crippen LogP contribution in [0.2, 0.25) is 0 Å². The highest BCUT2D eigenvalue weighted by molar-refractivity contribution is 5.82. The smallest absolute Gasteiger partial charge is 0.141 e. The van der Waals surface area contributed by atoms with Crippen molar-refractivity contribution in [1.29, 1.82) is 0 Å². The van der Waals surface area contributed by atoms with Crippen LogP contribution in [-0.2, 0) is 11.2 Å². The molecule has 1 aliphatic rings. The zero-order valence-electron chi connectivity index (χ0n) is 12.4. The van der Waals surface area contributed by atoms with Crippen molar-refractivity contribution in [3.05, 3.63) is 18.0 Å². The summed E-state index contributed by atoms with van der Waals surface area (Å²) < 4.78 is 1.93. The number of hydrogen-bond donors (Lipinski definition) is 0. The van der Waals surface area contributed by atoms with E-state index in [0.29, 0.717) is 18.2 Å². The van der Waals surface area contributed by atoms with Gasteiger partial charge in [0.15, 0.2) is 0 Å². The molecule has 0 saturated heterocycles. The van der Waals surface area contributed by atoms with Crippen LogP contribution in [0.5, 0.6) is 0 Å². The Morgan fingerprint density at radius 2 is 2.05 bits per heavy atom. The van der Waals surface area contributed by atoms with E-state index in [1.54, 1.807) is 0 Å². The van der Waals surface area contributed by atoms with E-state index in [1.807, 2.05) is 16.9 Å². The molecule has 0 bridgehead atoms. The van der Waals surface area contributed by atoms with Crippen LogP contribution in [0.4, 0.5) is 0 Å². The first kappa shape index (κ1) is 14.3. The van der Waals surface area contributed by atoms with Gasteiger partial charge in [-0.25, -0.2) is 0 Å². The maximum Gasteiger partial charge on any atom is 0.141 e. The Bertz CT molecular complexity index is 414. The molecular formula is C16H26N2O. The third kappa shape index (κ3) is 3.68. The van der Waals surface area contributed by atoms with Crippen LogP contribution >= 0.6 is 0 Å². The molecule has 0 radical (unpaired) electrons. The van der Waals surface area contributed by atoms with Gasteiger partial charge in [0.1, 0.15) is 5.78 Å². The monoisotopic (exact) mass is 262 g/mol. The van der Waals surface area contributed by atoms with Gasteiger partial charge in [-0.2, -0.15) is 5.10 Å². The number of carbonyl (C=O) groups excluding carboxylic acids is 1. The molecule has 0 aliphatic heterocycles. The van der Waals surface area contributed by atoms with Crippen molar-refractivity contribution in [2.75, 3.05) is 0 Å². The first-order valence-electron chi connectivity index (χ1n) is 7.66. The molecule has 0 unspecified atom stereocenters. The normalized spacial score (nSPS) is 23.8. The summed E-state index contributed by atoms with van der Waals surface area (Å²) in [5, 5.41) is 4.47. The molecular weight excluding hydrogens is 236 g/mol. The highest BCUT2D eigenvalue weighted by Gasteiger charge is 2.25. The Kier molecular flexibility index (Phi) is 4.78. The molecule has 0 aromatic carbocycles. The van der Waals surface area contributed by atoms with Crippen LogP contribution in [0.15, 0.2) is 12.3 Å². The minimum absolute atomic E-state index is 0.284. The highest BCUT2D eigenvalue weighted by atomic mass is 16.1. The van der Waals surface area contributed by atoms with Crippen molar-refractivity contribution in [2.24, 2.45) is 11.8 Å². The number of hydrogen-bond acceptors (Lipinski definition) is 2. The van der Waals surface area contributed by atoms with E-state index < -0.39 is 0 Å². The average molecular weight is 262 g/mol. The van der Waals surface area contributed by atoms with Crippen molar-refractivity contribution in [1.82, 2.24) is 9.78 Å². The Balaban J connectivity index is 1.87. The lowest BCUT2D eigenvalue weighted by Crippen LogP contribution is -2.23. The van der Waals surface area contributed by atoms with Crippen LogP contribution in [0.1, 0.15) is 64.6 Å². The molecule has 3 nitrogen and oxygen atoms in total. The number of nitrogens with zero attached hydrogens (tertiary/aromatic N) is 2. The number of rotatable bonds is 5. The number of Topliss-reactive ketones (excluding diaryl/α,β-unsaturated/α-hetero) is 1. The number of aromatic nitrogens is 2. The summed E-state index contributed by atoms with van der Waals surface area (Å²) in [6, 6.07) is 2.35. The van der Waals surface area contributed by atoms with Crippen molar-refractivity contribution in [3.8, 4) is 0 Å². The van der Waals surface area contributed by atoms with Gasteiger partial charge in [0.2, 0.25) is 0 Å². The predicted molar refractivity (Wildman–Crippen MR) is 77.1 cm³/mol. The quantitative estimate of drug-likeness (QED) is 0.809. The summed E-state index contributed by atoms with van der Waals surface area (Å²) in [5.41, 5.74) is 0.927. The second-order valence-electron chi connectivity index (χ2n) is 6.15. The van der Waals surface area contributed by atoms with Gasteiger partial charge in [-0.05, 0) is 51.5 Å². The molecule has 0 spiro atoms. The third-order valence-electron chi connectivity index (χ3n) is 4.43. The lowest BCUT2D eigenvalue weighted by molar-refractivity contribution is -0.123. The van der Waals surface area contributed by atoms with E-state index in [-0.39, 0.29) is 5.92 Å². The van der Waals surface area contributed by atoms with Crippen LogP contribution in [-0.4, -0.2) is 15.6 Å². The van der Waals surface area contributed by atoms with Gasteiger partial charge < -0.3 is 0 Å². The maximum atomic E-state index is 12.3. The van der Waals surface area contributed by atoms with Gasteiger partial charge in [-0.1, -0.05) is 13.3 Å². The van der Waals surface area contributed by atoms with Crippen LogP contribution in [0, 0.1) is 11.8 Å². The Morgan fingerprint density at radius 3 is 2.58 bits per heavy atom. The standard InChI is InChI=1S/C16H26N2O/c1-4-13-5-7-14(8-6-13)16(19)11-15-9-10-18(17-15)12(2)3/h9-10,12-14H,4-8,11H2,1-3H3. The van der Waals surface area contributed by atoms with Crippen LogP contribution < -0.4 is 0 Å². The summed E-state index contributed by atoms with van der Waals surface area (Å²) >= 11 is 0. The highest BCUT2D eigenvalue weighted by Crippen LogP contribution is 2.31. The SMILES string of the molecule is CCC1CCC(C(=O)Cc2ccn(C(C)C)n2)CC1. The lowest BCUT2D eigenvalue weighted by atomic mass is 9.78. The van der Waals surface area contributed by atoms with Gasteiger partial charge in [0.05, 0.1) is 12.1 Å². The predicted octanol–water partition coefficient (Wildman–Crippen LogP) is 3.79. The largest absolute Gasteiger partial charge is 0.299 e. The maximum absolute atomic E-state index is 12.3. The van der Waals surface area contributed by atoms with Gasteiger partial charge in [0, 0.05) is 18.2 Å². The number of ketones is 1. The second kappa shape index (κ2) is 6.36. The van der Waals surface area contributed by atoms with Gasteiger partial charge >= 0.3 is 0 Å². The molecule has 1 heterocycles. The first-order chi connectivity index (χ1) is 9.10. The molecule has 1 saturated carbocycles. The molecule has 1 aliphatic carbocycles. The molecule has 1 aromatic heterocycles. The zero-order chi connectivity index (χ0) is 13.8. The van der Waals surface area contributed by atoms with E-state index >= 15 is 0 Å². The van der Waals surface area contributed by atoms with E-state index in [2.05, 4.69) is 25.9 Å². The Morgan fingerprint density at radius 1 is 1.37 bits per heavy atom. The second-order valence-corrected chi connectivity index (χ2v) is 6.15. The van der Waals surface area contributed by atoms with E-state index in [4.69, 9.17) is 0 Å². The fraction of sp³-hybridized carbons (Fsp3) is 0.750. The van der Waals surface area contributed by atoms with Crippen LogP contribution in [0.3, 0.4) is 0 Å². The third-order valence-corrected chi connectivity index (χ3v) is 4.43. The van der Waals surface area contributed by atoms with Gasteiger partial charge in [-0.15, -0.1) is 0 Å². The molecule has 19 heavy (non-hydrogen) atoms. The average Bonchev–Trinajstić information content (AvgIpc) is 2.87. The summed E-state index contributed by atoms with van der Waals surface area (Å²) in [4.78, 5) is 12.3. The lowest BCUT2D eigenvalue weighted by Gasteiger charge is -2.26. The van der Waals surface area contributed by atoms with E-state index in [1.165, 1.54) is 19.3 Å². The van der Waals surface area contributed by atoms with Crippen LogP contribution in [0.25, 0.3) is 0 Å². The Hall–Kier alpha value is -1.12. The summed E-state index contributed by atoms with van der Waals surface area (Å²) in [5.74, 6) is 1.53. The zero-order valence-corrected chi connectivity index (χ0v) is 12.4. The molecule has 3 heteroatoms. The Labute approximate surface area is 116 Å². The first-order valence-corrected chi connectivity index (χ1v) is 7.66. The molecule has 106 valence electrons. The van der Waals surface area contributed by atoms with E-state index in [9.17, 15) is 4.79 Å². The topological polar surface area (TPSA) is 34.9 Å². The fourth-order valence-corrected chi connectivity index (χ4v) is 2.97. The molecule has 0 atom stereocenters. The van der Waals surface area contributed by atoms with Gasteiger partial charge in [-0.3, -0.25) is 9.48 Å². The fourth-order valence-electron chi connectivity index (χ4n) is 2.97. The molecule has 0 N–H and O–H groups in total.